The summed E-state index contributed by atoms with van der Waals surface area (Å²) in [7, 11) is 0. The number of hydrogen-bond acceptors (Lipinski definition) is 4. The van der Waals surface area contributed by atoms with Gasteiger partial charge >= 0.3 is 0 Å². The van der Waals surface area contributed by atoms with Crippen LogP contribution < -0.4 is 16.0 Å². The fourth-order valence-electron chi connectivity index (χ4n) is 4.63. The lowest BCUT2D eigenvalue weighted by atomic mass is 9.86. The van der Waals surface area contributed by atoms with Crippen LogP contribution in [-0.2, 0) is 4.79 Å². The molecule has 4 rings (SSSR count). The normalized spacial score (nSPS) is 37.5. The second kappa shape index (κ2) is 5.23. The van der Waals surface area contributed by atoms with E-state index in [-0.39, 0.29) is 17.4 Å². The summed E-state index contributed by atoms with van der Waals surface area (Å²) in [5, 5.41) is 3.70. The molecule has 22 heavy (non-hydrogen) atoms. The Hall–Kier alpha value is -1.62. The van der Waals surface area contributed by atoms with Gasteiger partial charge in [0.15, 0.2) is 0 Å². The molecular formula is C17H24N4O. The summed E-state index contributed by atoms with van der Waals surface area (Å²) in [5.74, 6) is 1.38. The third kappa shape index (κ3) is 2.37. The minimum Gasteiger partial charge on any atom is -0.370 e. The minimum absolute atomic E-state index is 0.0714. The van der Waals surface area contributed by atoms with E-state index in [0.29, 0.717) is 5.92 Å². The van der Waals surface area contributed by atoms with E-state index in [1.165, 1.54) is 18.5 Å². The lowest BCUT2D eigenvalue weighted by Crippen LogP contribution is -2.46. The molecule has 1 spiro atoms. The van der Waals surface area contributed by atoms with Gasteiger partial charge in [0.1, 0.15) is 0 Å². The van der Waals surface area contributed by atoms with Crippen molar-refractivity contribution in [2.75, 3.05) is 24.5 Å². The lowest BCUT2D eigenvalue weighted by molar-refractivity contribution is -0.123. The van der Waals surface area contributed by atoms with E-state index >= 15 is 0 Å². The number of hydrogen-bond donors (Lipinski definition) is 2. The molecule has 3 fully saturated rings. The van der Waals surface area contributed by atoms with Crippen LogP contribution in [0.5, 0.6) is 0 Å². The zero-order valence-electron chi connectivity index (χ0n) is 12.9. The summed E-state index contributed by atoms with van der Waals surface area (Å²) >= 11 is 0. The average molecular weight is 300 g/mol. The van der Waals surface area contributed by atoms with Crippen molar-refractivity contribution in [3.63, 3.8) is 0 Å². The highest BCUT2D eigenvalue weighted by Crippen LogP contribution is 2.55. The summed E-state index contributed by atoms with van der Waals surface area (Å²) in [5.41, 5.74) is 6.96. The predicted molar refractivity (Wildman–Crippen MR) is 85.3 cm³/mol. The monoisotopic (exact) mass is 300 g/mol. The van der Waals surface area contributed by atoms with Crippen LogP contribution >= 0.6 is 0 Å². The molecule has 1 amide bonds. The van der Waals surface area contributed by atoms with Crippen molar-refractivity contribution < 1.29 is 4.79 Å². The van der Waals surface area contributed by atoms with Crippen molar-refractivity contribution in [3.8, 4) is 0 Å². The Bertz CT molecular complexity index is 563. The first-order valence-corrected chi connectivity index (χ1v) is 8.37. The largest absolute Gasteiger partial charge is 0.370 e. The van der Waals surface area contributed by atoms with Gasteiger partial charge in [0, 0.05) is 30.7 Å². The summed E-state index contributed by atoms with van der Waals surface area (Å²) < 4.78 is 0. The molecule has 3 heterocycles. The Morgan fingerprint density at radius 2 is 2.32 bits per heavy atom. The first-order valence-electron chi connectivity index (χ1n) is 8.37. The van der Waals surface area contributed by atoms with E-state index in [9.17, 15) is 4.79 Å². The maximum atomic E-state index is 11.5. The third-order valence-corrected chi connectivity index (χ3v) is 5.92. The van der Waals surface area contributed by atoms with Gasteiger partial charge in [0.2, 0.25) is 5.91 Å². The van der Waals surface area contributed by atoms with Crippen LogP contribution in [0.15, 0.2) is 24.5 Å². The Morgan fingerprint density at radius 1 is 1.41 bits per heavy atom. The van der Waals surface area contributed by atoms with E-state index < -0.39 is 0 Å². The molecule has 0 bridgehead atoms. The number of primary amides is 1. The van der Waals surface area contributed by atoms with Gasteiger partial charge in [-0.1, -0.05) is 0 Å². The van der Waals surface area contributed by atoms with Crippen molar-refractivity contribution in [1.29, 1.82) is 0 Å². The molecule has 3 aliphatic rings. The molecule has 4 atom stereocenters. The van der Waals surface area contributed by atoms with E-state index in [4.69, 9.17) is 5.73 Å². The lowest BCUT2D eigenvalue weighted by Gasteiger charge is -2.31. The molecule has 0 aromatic carbocycles. The molecule has 1 aromatic heterocycles. The molecule has 0 radical (unpaired) electrons. The predicted octanol–water partition coefficient (Wildman–Crippen LogP) is 1.15. The SMILES string of the molecule is NC(=O)C1CCNC2(C1)CC2[C@H]1CCN(c2cccnc2)C1. The number of nitrogens with zero attached hydrogens (tertiary/aromatic N) is 2. The second-order valence-electron chi connectivity index (χ2n) is 7.19. The van der Waals surface area contributed by atoms with E-state index in [1.54, 1.807) is 0 Å². The quantitative estimate of drug-likeness (QED) is 0.878. The molecule has 5 heteroatoms. The molecule has 1 saturated carbocycles. The van der Waals surface area contributed by atoms with E-state index in [0.717, 1.165) is 38.4 Å². The van der Waals surface area contributed by atoms with Crippen LogP contribution in [-0.4, -0.2) is 36.1 Å². The van der Waals surface area contributed by atoms with Crippen LogP contribution in [0.3, 0.4) is 0 Å². The van der Waals surface area contributed by atoms with Crippen molar-refractivity contribution >= 4 is 11.6 Å². The van der Waals surface area contributed by atoms with Crippen LogP contribution in [0.1, 0.15) is 25.7 Å². The van der Waals surface area contributed by atoms with Crippen molar-refractivity contribution in [2.45, 2.75) is 31.2 Å². The molecule has 1 aliphatic carbocycles. The summed E-state index contributed by atoms with van der Waals surface area (Å²) in [6, 6.07) is 4.14. The summed E-state index contributed by atoms with van der Waals surface area (Å²) in [6.07, 6.45) is 8.06. The molecule has 2 saturated heterocycles. The maximum absolute atomic E-state index is 11.5. The average Bonchev–Trinajstić information content (AvgIpc) is 3.00. The topological polar surface area (TPSA) is 71.2 Å². The van der Waals surface area contributed by atoms with Crippen molar-refractivity contribution in [3.05, 3.63) is 24.5 Å². The molecule has 118 valence electrons. The van der Waals surface area contributed by atoms with Crippen LogP contribution in [0, 0.1) is 17.8 Å². The van der Waals surface area contributed by atoms with Crippen molar-refractivity contribution in [1.82, 2.24) is 10.3 Å². The first-order chi connectivity index (χ1) is 10.7. The van der Waals surface area contributed by atoms with E-state index in [2.05, 4.69) is 21.3 Å². The number of rotatable bonds is 3. The Balaban J connectivity index is 1.40. The number of pyridine rings is 1. The van der Waals surface area contributed by atoms with Crippen LogP contribution in [0.2, 0.25) is 0 Å². The maximum Gasteiger partial charge on any atom is 0.220 e. The number of anilines is 1. The fourth-order valence-corrected chi connectivity index (χ4v) is 4.63. The zero-order chi connectivity index (χ0) is 15.2. The molecule has 1 aromatic rings. The smallest absolute Gasteiger partial charge is 0.220 e. The molecule has 5 nitrogen and oxygen atoms in total. The van der Waals surface area contributed by atoms with Gasteiger partial charge in [0.05, 0.1) is 11.9 Å². The number of amides is 1. The summed E-state index contributed by atoms with van der Waals surface area (Å²) in [4.78, 5) is 18.2. The molecule has 3 N–H and O–H groups in total. The van der Waals surface area contributed by atoms with Gasteiger partial charge in [-0.2, -0.15) is 0 Å². The van der Waals surface area contributed by atoms with Gasteiger partial charge in [-0.15, -0.1) is 0 Å². The highest BCUT2D eigenvalue weighted by atomic mass is 16.1. The van der Waals surface area contributed by atoms with Gasteiger partial charge in [-0.05, 0) is 56.2 Å². The van der Waals surface area contributed by atoms with Gasteiger partial charge in [-0.3, -0.25) is 9.78 Å². The molecule has 3 unspecified atom stereocenters. The number of aromatic nitrogens is 1. The van der Waals surface area contributed by atoms with Gasteiger partial charge in [-0.25, -0.2) is 0 Å². The van der Waals surface area contributed by atoms with Crippen molar-refractivity contribution in [2.24, 2.45) is 23.5 Å². The highest BCUT2D eigenvalue weighted by Gasteiger charge is 2.59. The number of carbonyl (C=O) groups is 1. The standard InChI is InChI=1S/C17H24N4O/c18-16(22)12-3-6-20-17(8-12)9-15(17)13-4-7-21(11-13)14-2-1-5-19-10-14/h1-2,5,10,12-13,15,20H,3-4,6-9,11H2,(H2,18,22)/t12?,13-,15?,17?/m0/s1. The highest BCUT2D eigenvalue weighted by molar-refractivity contribution is 5.77. The van der Waals surface area contributed by atoms with Crippen LogP contribution in [0.4, 0.5) is 5.69 Å². The third-order valence-electron chi connectivity index (χ3n) is 5.92. The van der Waals surface area contributed by atoms with Gasteiger partial charge in [0.25, 0.3) is 0 Å². The molecular weight excluding hydrogens is 276 g/mol. The minimum atomic E-state index is -0.116. The van der Waals surface area contributed by atoms with Gasteiger partial charge < -0.3 is 16.0 Å². The molecule has 2 aliphatic heterocycles. The Labute approximate surface area is 131 Å². The number of nitrogens with two attached hydrogens (primary N) is 1. The Morgan fingerprint density at radius 3 is 3.09 bits per heavy atom. The number of carbonyl (C=O) groups excluding carboxylic acids is 1. The Kier molecular flexibility index (Phi) is 3.33. The van der Waals surface area contributed by atoms with E-state index in [1.807, 2.05) is 18.5 Å². The van der Waals surface area contributed by atoms with Crippen LogP contribution in [0.25, 0.3) is 0 Å². The number of nitrogens with one attached hydrogen (secondary N) is 1. The zero-order valence-corrected chi connectivity index (χ0v) is 12.9. The second-order valence-corrected chi connectivity index (χ2v) is 7.19. The first kappa shape index (κ1) is 14.0. The summed E-state index contributed by atoms with van der Waals surface area (Å²) in [6.45, 7) is 3.16. The number of piperidine rings is 1. The fraction of sp³-hybridized carbons (Fsp3) is 0.647.